The van der Waals surface area contributed by atoms with Gasteiger partial charge in [-0.2, -0.15) is 0 Å². The van der Waals surface area contributed by atoms with Crippen LogP contribution in [0.5, 0.6) is 11.6 Å². The maximum atomic E-state index is 13.4. The van der Waals surface area contributed by atoms with E-state index in [1.54, 1.807) is 25.1 Å². The lowest BCUT2D eigenvalue weighted by Crippen LogP contribution is -1.93. The second-order valence-electron chi connectivity index (χ2n) is 4.24. The molecule has 0 saturated heterocycles. The minimum atomic E-state index is -1.03. The van der Waals surface area contributed by atoms with Gasteiger partial charge in [0.15, 0.2) is 0 Å². The van der Waals surface area contributed by atoms with Gasteiger partial charge in [-0.1, -0.05) is 0 Å². The van der Waals surface area contributed by atoms with E-state index >= 15 is 0 Å². The van der Waals surface area contributed by atoms with Gasteiger partial charge < -0.3 is 9.84 Å². The van der Waals surface area contributed by atoms with Crippen LogP contribution in [0.3, 0.4) is 0 Å². The van der Waals surface area contributed by atoms with Gasteiger partial charge in [0.1, 0.15) is 11.6 Å². The molecule has 0 amide bonds. The Morgan fingerprint density at radius 3 is 2.81 bits per heavy atom. The van der Waals surface area contributed by atoms with Gasteiger partial charge in [0.2, 0.25) is 5.88 Å². The fourth-order valence-electron chi connectivity index (χ4n) is 1.60. The van der Waals surface area contributed by atoms with Crippen LogP contribution >= 0.6 is 15.9 Å². The molecule has 0 saturated carbocycles. The summed E-state index contributed by atoms with van der Waals surface area (Å²) in [5, 5.41) is 8.57. The molecule has 1 aromatic heterocycles. The van der Waals surface area contributed by atoms with Gasteiger partial charge in [-0.15, -0.1) is 0 Å². The lowest BCUT2D eigenvalue weighted by Gasteiger charge is -2.08. The van der Waals surface area contributed by atoms with Gasteiger partial charge in [-0.3, -0.25) is 0 Å². The molecular formula is C15H11BrFNO3. The number of rotatable bonds is 4. The van der Waals surface area contributed by atoms with E-state index in [0.29, 0.717) is 27.2 Å². The fourth-order valence-corrected chi connectivity index (χ4v) is 1.85. The van der Waals surface area contributed by atoms with E-state index in [0.717, 1.165) is 6.08 Å². The van der Waals surface area contributed by atoms with Crippen molar-refractivity contribution in [3.8, 4) is 11.6 Å². The number of carboxylic acids is 1. The van der Waals surface area contributed by atoms with Crippen LogP contribution in [0.15, 0.2) is 41.0 Å². The first-order chi connectivity index (χ1) is 9.95. The predicted octanol–water partition coefficient (Wildman–Crippen LogP) is 4.18. The maximum Gasteiger partial charge on any atom is 0.328 e. The summed E-state index contributed by atoms with van der Waals surface area (Å²) < 4.78 is 19.3. The zero-order chi connectivity index (χ0) is 15.4. The number of hydrogen-bond acceptors (Lipinski definition) is 3. The number of aryl methyl sites for hydroxylation is 1. The SMILES string of the molecule is Cc1cc(/C=C/C(=O)O)cnc1Oc1ccc(Br)c(F)c1. The summed E-state index contributed by atoms with van der Waals surface area (Å²) in [7, 11) is 0. The van der Waals surface area contributed by atoms with Gasteiger partial charge in [-0.05, 0) is 52.7 Å². The quantitative estimate of drug-likeness (QED) is 0.839. The molecule has 1 N–H and O–H groups in total. The van der Waals surface area contributed by atoms with Gasteiger partial charge >= 0.3 is 5.97 Å². The molecule has 2 aromatic rings. The monoisotopic (exact) mass is 351 g/mol. The highest BCUT2D eigenvalue weighted by Crippen LogP contribution is 2.26. The molecule has 6 heteroatoms. The second-order valence-corrected chi connectivity index (χ2v) is 5.09. The normalized spacial score (nSPS) is 10.8. The molecule has 0 unspecified atom stereocenters. The Hall–Kier alpha value is -2.21. The predicted molar refractivity (Wildman–Crippen MR) is 79.8 cm³/mol. The topological polar surface area (TPSA) is 59.4 Å². The van der Waals surface area contributed by atoms with Crippen molar-refractivity contribution >= 4 is 28.0 Å². The number of aliphatic carboxylic acids is 1. The lowest BCUT2D eigenvalue weighted by molar-refractivity contribution is -0.131. The summed E-state index contributed by atoms with van der Waals surface area (Å²) in [6.45, 7) is 1.77. The third-order valence-electron chi connectivity index (χ3n) is 2.58. The second kappa shape index (κ2) is 6.49. The molecule has 0 aliphatic heterocycles. The number of hydrogen-bond donors (Lipinski definition) is 1. The molecule has 0 fully saturated rings. The number of ether oxygens (including phenoxy) is 1. The van der Waals surface area contributed by atoms with Gasteiger partial charge in [-0.25, -0.2) is 14.2 Å². The Morgan fingerprint density at radius 2 is 2.19 bits per heavy atom. The summed E-state index contributed by atoms with van der Waals surface area (Å²) in [4.78, 5) is 14.6. The van der Waals surface area contributed by atoms with Crippen LogP contribution in [0, 0.1) is 12.7 Å². The molecule has 0 aliphatic carbocycles. The van der Waals surface area contributed by atoms with Crippen molar-refractivity contribution in [3.05, 3.63) is 58.0 Å². The van der Waals surface area contributed by atoms with Crippen molar-refractivity contribution in [1.82, 2.24) is 4.98 Å². The molecule has 21 heavy (non-hydrogen) atoms. The molecule has 0 spiro atoms. The largest absolute Gasteiger partial charge is 0.478 e. The number of carbonyl (C=O) groups is 1. The molecule has 2 rings (SSSR count). The zero-order valence-electron chi connectivity index (χ0n) is 11.0. The van der Waals surface area contributed by atoms with Crippen molar-refractivity contribution in [3.63, 3.8) is 0 Å². The van der Waals surface area contributed by atoms with E-state index in [2.05, 4.69) is 20.9 Å². The minimum absolute atomic E-state index is 0.333. The Balaban J connectivity index is 2.21. The minimum Gasteiger partial charge on any atom is -0.478 e. The average Bonchev–Trinajstić information content (AvgIpc) is 2.43. The van der Waals surface area contributed by atoms with Gasteiger partial charge in [0.25, 0.3) is 0 Å². The number of halogens is 2. The van der Waals surface area contributed by atoms with Crippen LogP contribution in [0.4, 0.5) is 4.39 Å². The zero-order valence-corrected chi connectivity index (χ0v) is 12.6. The van der Waals surface area contributed by atoms with Crippen molar-refractivity contribution in [1.29, 1.82) is 0 Å². The van der Waals surface area contributed by atoms with Gasteiger partial charge in [0, 0.05) is 23.9 Å². The number of pyridine rings is 1. The molecule has 0 radical (unpaired) electrons. The molecule has 0 atom stereocenters. The molecule has 1 aromatic carbocycles. The first-order valence-electron chi connectivity index (χ1n) is 5.96. The smallest absolute Gasteiger partial charge is 0.328 e. The highest BCUT2D eigenvalue weighted by atomic mass is 79.9. The van der Waals surface area contributed by atoms with Crippen molar-refractivity contribution in [2.45, 2.75) is 6.92 Å². The summed E-state index contributed by atoms with van der Waals surface area (Å²) >= 11 is 3.07. The van der Waals surface area contributed by atoms with E-state index in [4.69, 9.17) is 9.84 Å². The van der Waals surface area contributed by atoms with Crippen LogP contribution in [-0.2, 0) is 4.79 Å². The highest BCUT2D eigenvalue weighted by molar-refractivity contribution is 9.10. The van der Waals surface area contributed by atoms with E-state index < -0.39 is 11.8 Å². The van der Waals surface area contributed by atoms with Crippen LogP contribution < -0.4 is 4.74 Å². The van der Waals surface area contributed by atoms with E-state index in [-0.39, 0.29) is 0 Å². The first kappa shape index (κ1) is 15.2. The summed E-state index contributed by atoms with van der Waals surface area (Å²) in [5.41, 5.74) is 1.36. The highest BCUT2D eigenvalue weighted by Gasteiger charge is 2.06. The molecule has 4 nitrogen and oxygen atoms in total. The van der Waals surface area contributed by atoms with Crippen LogP contribution in [0.25, 0.3) is 6.08 Å². The van der Waals surface area contributed by atoms with Crippen LogP contribution in [0.1, 0.15) is 11.1 Å². The number of aromatic nitrogens is 1. The molecule has 0 aliphatic rings. The van der Waals surface area contributed by atoms with Gasteiger partial charge in [0.05, 0.1) is 4.47 Å². The fraction of sp³-hybridized carbons (Fsp3) is 0.0667. The summed E-state index contributed by atoms with van der Waals surface area (Å²) in [5.74, 6) is -0.784. The average molecular weight is 352 g/mol. The Bertz CT molecular complexity index is 716. The summed E-state index contributed by atoms with van der Waals surface area (Å²) in [6.07, 6.45) is 3.95. The lowest BCUT2D eigenvalue weighted by atomic mass is 10.2. The van der Waals surface area contributed by atoms with E-state index in [1.807, 2.05) is 0 Å². The first-order valence-corrected chi connectivity index (χ1v) is 6.75. The summed E-state index contributed by atoms with van der Waals surface area (Å²) in [6, 6.07) is 6.15. The number of benzene rings is 1. The Kier molecular flexibility index (Phi) is 4.70. The van der Waals surface area contributed by atoms with Crippen LogP contribution in [0.2, 0.25) is 0 Å². The van der Waals surface area contributed by atoms with Crippen molar-refractivity contribution in [2.24, 2.45) is 0 Å². The molecule has 0 bridgehead atoms. The van der Waals surface area contributed by atoms with Crippen molar-refractivity contribution in [2.75, 3.05) is 0 Å². The van der Waals surface area contributed by atoms with E-state index in [1.165, 1.54) is 18.3 Å². The number of carboxylic acid groups (broad SMARTS) is 1. The van der Waals surface area contributed by atoms with E-state index in [9.17, 15) is 9.18 Å². The number of nitrogens with zero attached hydrogens (tertiary/aromatic N) is 1. The third kappa shape index (κ3) is 4.13. The molecule has 1 heterocycles. The third-order valence-corrected chi connectivity index (χ3v) is 3.22. The Morgan fingerprint density at radius 1 is 1.43 bits per heavy atom. The maximum absolute atomic E-state index is 13.4. The molecular weight excluding hydrogens is 341 g/mol. The Labute approximate surface area is 129 Å². The standard InChI is InChI=1S/C15H11BrFNO3/c1-9-6-10(2-5-14(19)20)8-18-15(9)21-11-3-4-12(16)13(17)7-11/h2-8H,1H3,(H,19,20)/b5-2+. The van der Waals surface area contributed by atoms with Crippen LogP contribution in [-0.4, -0.2) is 16.1 Å². The molecule has 108 valence electrons. The van der Waals surface area contributed by atoms with Crippen molar-refractivity contribution < 1.29 is 19.0 Å².